The summed E-state index contributed by atoms with van der Waals surface area (Å²) in [4.78, 5) is 11.7. The Labute approximate surface area is 119 Å². The summed E-state index contributed by atoms with van der Waals surface area (Å²) in [6.07, 6.45) is 3.65. The average molecular weight is 297 g/mol. The number of hydrogen-bond acceptors (Lipinski definition) is 4. The highest BCUT2D eigenvalue weighted by atomic mass is 32.2. The van der Waals surface area contributed by atoms with Crippen LogP contribution in [0, 0.1) is 0 Å². The van der Waals surface area contributed by atoms with Crippen molar-refractivity contribution >= 4 is 16.0 Å². The first kappa shape index (κ1) is 15.0. The number of ether oxygens (including phenoxy) is 1. The molecule has 0 unspecified atom stereocenters. The second-order valence-corrected chi connectivity index (χ2v) is 7.01. The maximum absolute atomic E-state index is 12.5. The maximum Gasteiger partial charge on any atom is 0.339 e. The van der Waals surface area contributed by atoms with Gasteiger partial charge in [0.1, 0.15) is 0 Å². The molecule has 6 heteroatoms. The SMILES string of the molecule is COC(=O)c1ccccc1S(=O)(=O)NC1(C)CCCC1. The van der Waals surface area contributed by atoms with Crippen molar-refractivity contribution in [1.29, 1.82) is 0 Å². The molecule has 0 saturated heterocycles. The van der Waals surface area contributed by atoms with Gasteiger partial charge in [0, 0.05) is 5.54 Å². The zero-order valence-electron chi connectivity index (χ0n) is 11.7. The minimum atomic E-state index is -3.74. The zero-order valence-corrected chi connectivity index (χ0v) is 12.5. The summed E-state index contributed by atoms with van der Waals surface area (Å²) >= 11 is 0. The number of benzene rings is 1. The molecule has 1 aliphatic rings. The number of hydrogen-bond donors (Lipinski definition) is 1. The first-order valence-corrected chi connectivity index (χ1v) is 8.08. The highest BCUT2D eigenvalue weighted by Gasteiger charge is 2.35. The van der Waals surface area contributed by atoms with Gasteiger partial charge in [0.15, 0.2) is 0 Å². The largest absolute Gasteiger partial charge is 0.465 e. The van der Waals surface area contributed by atoms with Crippen molar-refractivity contribution in [2.75, 3.05) is 7.11 Å². The lowest BCUT2D eigenvalue weighted by Crippen LogP contribution is -2.43. The summed E-state index contributed by atoms with van der Waals surface area (Å²) in [7, 11) is -2.51. The van der Waals surface area contributed by atoms with Gasteiger partial charge in [-0.1, -0.05) is 25.0 Å². The summed E-state index contributed by atoms with van der Waals surface area (Å²) < 4.78 is 32.4. The minimum Gasteiger partial charge on any atom is -0.465 e. The van der Waals surface area contributed by atoms with Crippen molar-refractivity contribution < 1.29 is 17.9 Å². The van der Waals surface area contributed by atoms with Crippen LogP contribution in [-0.2, 0) is 14.8 Å². The van der Waals surface area contributed by atoms with Gasteiger partial charge < -0.3 is 4.74 Å². The summed E-state index contributed by atoms with van der Waals surface area (Å²) in [5, 5.41) is 0. The Morgan fingerprint density at radius 3 is 2.45 bits per heavy atom. The third-order valence-corrected chi connectivity index (χ3v) is 5.37. The van der Waals surface area contributed by atoms with Gasteiger partial charge in [-0.3, -0.25) is 0 Å². The van der Waals surface area contributed by atoms with Gasteiger partial charge in [0.2, 0.25) is 10.0 Å². The van der Waals surface area contributed by atoms with Crippen LogP contribution in [0.3, 0.4) is 0 Å². The molecule has 20 heavy (non-hydrogen) atoms. The molecule has 0 aromatic heterocycles. The molecule has 1 aromatic rings. The predicted octanol–water partition coefficient (Wildman–Crippen LogP) is 2.08. The van der Waals surface area contributed by atoms with E-state index < -0.39 is 21.5 Å². The minimum absolute atomic E-state index is 0.0278. The van der Waals surface area contributed by atoms with E-state index in [-0.39, 0.29) is 10.5 Å². The van der Waals surface area contributed by atoms with Crippen molar-refractivity contribution in [3.63, 3.8) is 0 Å². The van der Waals surface area contributed by atoms with Crippen LogP contribution in [0.1, 0.15) is 43.0 Å². The molecule has 1 aromatic carbocycles. The quantitative estimate of drug-likeness (QED) is 0.864. The van der Waals surface area contributed by atoms with Gasteiger partial charge in [-0.25, -0.2) is 17.9 Å². The van der Waals surface area contributed by atoms with E-state index in [0.29, 0.717) is 0 Å². The third kappa shape index (κ3) is 3.02. The Kier molecular flexibility index (Phi) is 4.15. The summed E-state index contributed by atoms with van der Waals surface area (Å²) in [6.45, 7) is 1.90. The van der Waals surface area contributed by atoms with Crippen LogP contribution in [-0.4, -0.2) is 27.0 Å². The van der Waals surface area contributed by atoms with E-state index in [1.807, 2.05) is 6.92 Å². The highest BCUT2D eigenvalue weighted by molar-refractivity contribution is 7.89. The topological polar surface area (TPSA) is 72.5 Å². The predicted molar refractivity (Wildman–Crippen MR) is 75.0 cm³/mol. The number of methoxy groups -OCH3 is 1. The molecule has 5 nitrogen and oxygen atoms in total. The van der Waals surface area contributed by atoms with E-state index in [9.17, 15) is 13.2 Å². The maximum atomic E-state index is 12.5. The van der Waals surface area contributed by atoms with Gasteiger partial charge in [-0.05, 0) is 31.9 Å². The molecule has 1 saturated carbocycles. The molecule has 110 valence electrons. The number of rotatable bonds is 4. The van der Waals surface area contributed by atoms with Crippen LogP contribution in [0.15, 0.2) is 29.2 Å². The summed E-state index contributed by atoms with van der Waals surface area (Å²) in [6, 6.07) is 6.09. The first-order chi connectivity index (χ1) is 9.38. The van der Waals surface area contributed by atoms with Crippen molar-refractivity contribution in [3.8, 4) is 0 Å². The first-order valence-electron chi connectivity index (χ1n) is 6.59. The van der Waals surface area contributed by atoms with E-state index in [2.05, 4.69) is 9.46 Å². The zero-order chi connectivity index (χ0) is 14.8. The van der Waals surface area contributed by atoms with Crippen molar-refractivity contribution in [1.82, 2.24) is 4.72 Å². The molecule has 1 fully saturated rings. The molecule has 0 spiro atoms. The number of carbonyl (C=O) groups excluding carboxylic acids is 1. The third-order valence-electron chi connectivity index (χ3n) is 3.67. The van der Waals surface area contributed by atoms with E-state index >= 15 is 0 Å². The molecular weight excluding hydrogens is 278 g/mol. The fourth-order valence-corrected chi connectivity index (χ4v) is 4.28. The molecule has 2 rings (SSSR count). The van der Waals surface area contributed by atoms with Gasteiger partial charge in [0.05, 0.1) is 17.6 Å². The fourth-order valence-electron chi connectivity index (χ4n) is 2.62. The second-order valence-electron chi connectivity index (χ2n) is 5.36. The van der Waals surface area contributed by atoms with Crippen LogP contribution in [0.5, 0.6) is 0 Å². The lowest BCUT2D eigenvalue weighted by Gasteiger charge is -2.25. The standard InChI is InChI=1S/C14H19NO4S/c1-14(9-5-6-10-14)15-20(17,18)12-8-4-3-7-11(12)13(16)19-2/h3-4,7-8,15H,5-6,9-10H2,1-2H3. The monoisotopic (exact) mass is 297 g/mol. The smallest absolute Gasteiger partial charge is 0.339 e. The van der Waals surface area contributed by atoms with Crippen LogP contribution in [0.25, 0.3) is 0 Å². The van der Waals surface area contributed by atoms with Gasteiger partial charge in [-0.2, -0.15) is 0 Å². The Morgan fingerprint density at radius 2 is 1.85 bits per heavy atom. The Morgan fingerprint density at radius 1 is 1.25 bits per heavy atom. The lowest BCUT2D eigenvalue weighted by atomic mass is 10.0. The van der Waals surface area contributed by atoms with E-state index in [1.54, 1.807) is 12.1 Å². The van der Waals surface area contributed by atoms with E-state index in [1.165, 1.54) is 19.2 Å². The molecule has 0 heterocycles. The molecule has 0 amide bonds. The highest BCUT2D eigenvalue weighted by Crippen LogP contribution is 2.31. The fraction of sp³-hybridized carbons (Fsp3) is 0.500. The molecule has 0 bridgehead atoms. The average Bonchev–Trinajstić information content (AvgIpc) is 2.83. The van der Waals surface area contributed by atoms with Crippen LogP contribution in [0.4, 0.5) is 0 Å². The van der Waals surface area contributed by atoms with Gasteiger partial charge in [-0.15, -0.1) is 0 Å². The number of esters is 1. The van der Waals surface area contributed by atoms with Crippen LogP contribution < -0.4 is 4.72 Å². The molecule has 1 N–H and O–H groups in total. The Balaban J connectivity index is 2.37. The lowest BCUT2D eigenvalue weighted by molar-refractivity contribution is 0.0596. The van der Waals surface area contributed by atoms with Crippen molar-refractivity contribution in [2.45, 2.75) is 43.0 Å². The number of carbonyl (C=O) groups is 1. The summed E-state index contributed by atoms with van der Waals surface area (Å²) in [5.74, 6) is -0.650. The van der Waals surface area contributed by atoms with Crippen LogP contribution in [0.2, 0.25) is 0 Å². The Hall–Kier alpha value is -1.40. The van der Waals surface area contributed by atoms with Crippen LogP contribution >= 0.6 is 0 Å². The molecule has 1 aliphatic carbocycles. The van der Waals surface area contributed by atoms with Gasteiger partial charge >= 0.3 is 5.97 Å². The van der Waals surface area contributed by atoms with Crippen molar-refractivity contribution in [3.05, 3.63) is 29.8 Å². The van der Waals surface area contributed by atoms with Crippen molar-refractivity contribution in [2.24, 2.45) is 0 Å². The Bertz CT molecular complexity index is 603. The normalized spacial score (nSPS) is 17.9. The van der Waals surface area contributed by atoms with E-state index in [0.717, 1.165) is 25.7 Å². The second kappa shape index (κ2) is 5.54. The number of sulfonamides is 1. The van der Waals surface area contributed by atoms with Gasteiger partial charge in [0.25, 0.3) is 0 Å². The molecular formula is C14H19NO4S. The molecule has 0 radical (unpaired) electrons. The molecule has 0 aliphatic heterocycles. The summed E-state index contributed by atoms with van der Waals surface area (Å²) in [5.41, 5.74) is -0.369. The molecule has 0 atom stereocenters. The number of nitrogens with one attached hydrogen (secondary N) is 1. The van der Waals surface area contributed by atoms with E-state index in [4.69, 9.17) is 0 Å².